The Balaban J connectivity index is 1.55. The summed E-state index contributed by atoms with van der Waals surface area (Å²) in [6, 6.07) is 12.7. The molecule has 2 aromatic rings. The van der Waals surface area contributed by atoms with Crippen molar-refractivity contribution in [2.75, 3.05) is 24.5 Å². The summed E-state index contributed by atoms with van der Waals surface area (Å²) < 4.78 is 36.6. The van der Waals surface area contributed by atoms with Gasteiger partial charge in [-0.25, -0.2) is 0 Å². The molecule has 0 fully saturated rings. The molecule has 0 saturated heterocycles. The van der Waals surface area contributed by atoms with Crippen molar-refractivity contribution in [3.8, 4) is 12.3 Å². The van der Waals surface area contributed by atoms with Crippen LogP contribution in [0, 0.1) is 12.3 Å². The predicted molar refractivity (Wildman–Crippen MR) is 194 cm³/mol. The zero-order chi connectivity index (χ0) is 36.4. The second kappa shape index (κ2) is 14.4. The topological polar surface area (TPSA) is 130 Å². The van der Waals surface area contributed by atoms with Crippen LogP contribution in [0.2, 0.25) is 0 Å². The lowest BCUT2D eigenvalue weighted by Crippen LogP contribution is -2.35. The number of unbranched alkanes of at least 4 members (excludes halogenated alkanes) is 3. The maximum absolute atomic E-state index is 13.9. The third-order valence-electron chi connectivity index (χ3n) is 10.4. The SMILES string of the molecule is C#CCNC(=O)CCCCCC1(C)C(=CC2=C([O-])C(=CC3=[N+](CC)c4ccccc4C3(C)C)C2=O)N(CCCC)c2ccc(S(=O)(=O)O)cc21. The van der Waals surface area contributed by atoms with Crippen molar-refractivity contribution in [1.82, 2.24) is 5.32 Å². The van der Waals surface area contributed by atoms with Gasteiger partial charge in [0.2, 0.25) is 11.6 Å². The lowest BCUT2D eigenvalue weighted by Gasteiger charge is -2.34. The van der Waals surface area contributed by atoms with Crippen LogP contribution in [0.4, 0.5) is 11.4 Å². The molecule has 0 spiro atoms. The number of anilines is 1. The van der Waals surface area contributed by atoms with Gasteiger partial charge in [-0.1, -0.05) is 56.1 Å². The van der Waals surface area contributed by atoms with Crippen LogP contribution in [-0.4, -0.2) is 54.6 Å². The number of hydrogen-bond acceptors (Lipinski definition) is 6. The molecule has 2 aliphatic heterocycles. The average Bonchev–Trinajstić information content (AvgIpc) is 3.45. The van der Waals surface area contributed by atoms with Crippen LogP contribution in [0.1, 0.15) is 90.7 Å². The van der Waals surface area contributed by atoms with Gasteiger partial charge in [0.05, 0.1) is 16.9 Å². The molecular weight excluding hydrogens is 651 g/mol. The molecule has 2 heterocycles. The predicted octanol–water partition coefficient (Wildman–Crippen LogP) is 5.61. The summed E-state index contributed by atoms with van der Waals surface area (Å²) in [5.74, 6) is 1.65. The van der Waals surface area contributed by atoms with Gasteiger partial charge in [-0.2, -0.15) is 13.0 Å². The Morgan fingerprint density at radius 2 is 1.80 bits per heavy atom. The van der Waals surface area contributed by atoms with Crippen molar-refractivity contribution in [1.29, 1.82) is 0 Å². The number of nitrogens with zero attached hydrogens (tertiary/aromatic N) is 2. The van der Waals surface area contributed by atoms with Gasteiger partial charge in [0.25, 0.3) is 10.1 Å². The largest absolute Gasteiger partial charge is 0.871 e. The van der Waals surface area contributed by atoms with Gasteiger partial charge in [-0.05, 0) is 76.8 Å². The maximum Gasteiger partial charge on any atom is 0.294 e. The van der Waals surface area contributed by atoms with Crippen LogP contribution in [0.25, 0.3) is 0 Å². The number of hydrogen-bond donors (Lipinski definition) is 2. The number of ketones is 1. The molecule has 1 unspecified atom stereocenters. The second-order valence-electron chi connectivity index (χ2n) is 14.0. The summed E-state index contributed by atoms with van der Waals surface area (Å²) in [5.41, 5.74) is 4.41. The van der Waals surface area contributed by atoms with Crippen LogP contribution in [0.3, 0.4) is 0 Å². The molecule has 264 valence electrons. The van der Waals surface area contributed by atoms with Crippen LogP contribution in [-0.2, 0) is 30.5 Å². The van der Waals surface area contributed by atoms with E-state index in [2.05, 4.69) is 53.6 Å². The first-order valence-corrected chi connectivity index (χ1v) is 18.9. The van der Waals surface area contributed by atoms with E-state index in [1.807, 2.05) is 26.0 Å². The maximum atomic E-state index is 13.9. The van der Waals surface area contributed by atoms with Gasteiger partial charge < -0.3 is 15.3 Å². The van der Waals surface area contributed by atoms with Gasteiger partial charge in [0, 0.05) is 58.6 Å². The van der Waals surface area contributed by atoms with E-state index in [4.69, 9.17) is 6.42 Å². The number of Topliss-reactive ketones (excluding diaryl/α,β-unsaturated/α-hetero) is 1. The van der Waals surface area contributed by atoms with Gasteiger partial charge >= 0.3 is 0 Å². The van der Waals surface area contributed by atoms with E-state index in [9.17, 15) is 27.7 Å². The van der Waals surface area contributed by atoms with E-state index in [-0.39, 0.29) is 40.0 Å². The first-order valence-electron chi connectivity index (χ1n) is 17.4. The number of rotatable bonds is 14. The van der Waals surface area contributed by atoms with Gasteiger partial charge in [0.1, 0.15) is 6.54 Å². The zero-order valence-corrected chi connectivity index (χ0v) is 30.5. The van der Waals surface area contributed by atoms with Crippen molar-refractivity contribution >= 4 is 38.9 Å². The van der Waals surface area contributed by atoms with E-state index in [1.165, 1.54) is 12.1 Å². The Kier molecular flexibility index (Phi) is 10.6. The molecule has 1 amide bonds. The molecule has 0 radical (unpaired) electrons. The zero-order valence-electron chi connectivity index (χ0n) is 29.6. The first-order chi connectivity index (χ1) is 23.7. The lowest BCUT2D eigenvalue weighted by molar-refractivity contribution is -0.433. The number of terminal acetylenes is 1. The normalized spacial score (nSPS) is 21.1. The van der Waals surface area contributed by atoms with E-state index < -0.39 is 20.9 Å². The van der Waals surface area contributed by atoms with Gasteiger partial charge in [-0.15, -0.1) is 6.42 Å². The van der Waals surface area contributed by atoms with E-state index in [0.717, 1.165) is 47.6 Å². The molecular formula is C40H47N3O6S. The number of nitrogens with one attached hydrogen (secondary N) is 1. The minimum absolute atomic E-state index is 0.101. The van der Waals surface area contributed by atoms with Gasteiger partial charge in [0.15, 0.2) is 11.5 Å². The third-order valence-corrected chi connectivity index (χ3v) is 11.2. The molecule has 50 heavy (non-hydrogen) atoms. The number of allylic oxidation sites excluding steroid dienone is 5. The number of fused-ring (bicyclic) bond motifs is 2. The first kappa shape index (κ1) is 36.8. The van der Waals surface area contributed by atoms with Crippen LogP contribution >= 0.6 is 0 Å². The lowest BCUT2D eigenvalue weighted by atomic mass is 9.75. The molecule has 10 heteroatoms. The monoisotopic (exact) mass is 697 g/mol. The van der Waals surface area contributed by atoms with Crippen molar-refractivity contribution < 1.29 is 32.2 Å². The quantitative estimate of drug-likeness (QED) is 0.0863. The Labute approximate surface area is 296 Å². The Morgan fingerprint density at radius 1 is 1.06 bits per heavy atom. The highest BCUT2D eigenvalue weighted by Crippen LogP contribution is 2.52. The second-order valence-corrected chi connectivity index (χ2v) is 15.4. The minimum atomic E-state index is -4.49. The van der Waals surface area contributed by atoms with Crippen LogP contribution in [0.15, 0.2) is 82.1 Å². The van der Waals surface area contributed by atoms with Crippen molar-refractivity contribution in [2.45, 2.75) is 95.3 Å². The number of carbonyl (C=O) groups is 2. The Morgan fingerprint density at radius 3 is 2.46 bits per heavy atom. The summed E-state index contributed by atoms with van der Waals surface area (Å²) in [6.45, 7) is 11.8. The number of carbonyl (C=O) groups excluding carboxylic acids is 2. The number of amides is 1. The third kappa shape index (κ3) is 6.69. The van der Waals surface area contributed by atoms with Crippen LogP contribution < -0.4 is 15.3 Å². The molecule has 5 rings (SSSR count). The molecule has 9 nitrogen and oxygen atoms in total. The highest BCUT2D eigenvalue weighted by molar-refractivity contribution is 7.85. The highest BCUT2D eigenvalue weighted by Gasteiger charge is 2.47. The van der Waals surface area contributed by atoms with Crippen molar-refractivity contribution in [3.63, 3.8) is 0 Å². The molecule has 0 aromatic heterocycles. The summed E-state index contributed by atoms with van der Waals surface area (Å²) >= 11 is 0. The summed E-state index contributed by atoms with van der Waals surface area (Å²) in [7, 11) is -4.49. The summed E-state index contributed by atoms with van der Waals surface area (Å²) in [6.07, 6.45) is 13.4. The average molecular weight is 698 g/mol. The Hall–Kier alpha value is -4.46. The molecule has 1 atom stereocenters. The van der Waals surface area contributed by atoms with Crippen molar-refractivity contribution in [3.05, 3.63) is 88.3 Å². The van der Waals surface area contributed by atoms with E-state index in [0.29, 0.717) is 44.3 Å². The fourth-order valence-electron chi connectivity index (χ4n) is 7.57. The molecule has 0 saturated carbocycles. The molecule has 2 N–H and O–H groups in total. The van der Waals surface area contributed by atoms with E-state index >= 15 is 0 Å². The molecule has 1 aliphatic carbocycles. The highest BCUT2D eigenvalue weighted by atomic mass is 32.2. The van der Waals surface area contributed by atoms with E-state index in [1.54, 1.807) is 18.2 Å². The summed E-state index contributed by atoms with van der Waals surface area (Å²) in [4.78, 5) is 27.8. The summed E-state index contributed by atoms with van der Waals surface area (Å²) in [5, 5.41) is 16.5. The fraction of sp³-hybridized carbons (Fsp3) is 0.425. The number of para-hydroxylation sites is 1. The van der Waals surface area contributed by atoms with Gasteiger partial charge in [-0.3, -0.25) is 14.1 Å². The smallest absolute Gasteiger partial charge is 0.294 e. The standard InChI is InChI=1S/C40H47N3O6S/c1-7-10-23-43-33-20-19-27(50(47,48)49)24-31(33)40(6,21-15-11-12-18-36(44)41-22-8-2)35(43)26-29-37(45)28(38(29)46)25-34-39(4,5)30-16-13-14-17-32(30)42(34)9-3/h2,13-14,16-17,19-20,24-26H,7,9-12,15,18,21-23H2,1,3-6H3,(H2-,41,44,45,46,47,48,49). The Bertz CT molecular complexity index is 2000. The fourth-order valence-corrected chi connectivity index (χ4v) is 8.07. The van der Waals surface area contributed by atoms with Crippen molar-refractivity contribution in [2.24, 2.45) is 0 Å². The number of benzene rings is 2. The van der Waals surface area contributed by atoms with Crippen LogP contribution in [0.5, 0.6) is 0 Å². The molecule has 3 aliphatic rings. The molecule has 0 bridgehead atoms. The molecule has 2 aromatic carbocycles. The minimum Gasteiger partial charge on any atom is -0.871 e.